The summed E-state index contributed by atoms with van der Waals surface area (Å²) in [5, 5.41) is 12.1. The lowest BCUT2D eigenvalue weighted by Gasteiger charge is -2.06. The normalized spacial score (nSPS) is 10.4. The smallest absolute Gasteiger partial charge is 0.335 e. The van der Waals surface area contributed by atoms with Crippen molar-refractivity contribution in [2.45, 2.75) is 6.42 Å². The van der Waals surface area contributed by atoms with Crippen LogP contribution in [0.3, 0.4) is 0 Å². The molecule has 1 amide bonds. The Bertz CT molecular complexity index is 662. The molecule has 0 spiro atoms. The van der Waals surface area contributed by atoms with Gasteiger partial charge in [0.25, 0.3) is 5.91 Å². The van der Waals surface area contributed by atoms with E-state index in [1.807, 2.05) is 0 Å². The van der Waals surface area contributed by atoms with E-state index >= 15 is 0 Å². The molecule has 0 atom stereocenters. The fourth-order valence-corrected chi connectivity index (χ4v) is 2.22. The van der Waals surface area contributed by atoms with Crippen LogP contribution in [0, 0.1) is 0 Å². The maximum atomic E-state index is 11.9. The number of hydrogen-bond donors (Lipinski definition) is 2. The minimum absolute atomic E-state index is 0.188. The average molecular weight is 307 g/mol. The minimum Gasteiger partial charge on any atom is -0.478 e. The van der Waals surface area contributed by atoms with Crippen LogP contribution < -0.4 is 5.32 Å². The third kappa shape index (κ3) is 3.86. The summed E-state index contributed by atoms with van der Waals surface area (Å²) in [6, 6.07) is 8.20. The molecule has 1 aromatic heterocycles. The van der Waals surface area contributed by atoms with E-state index in [0.717, 1.165) is 5.56 Å². The summed E-state index contributed by atoms with van der Waals surface area (Å²) in [7, 11) is 1.76. The van der Waals surface area contributed by atoms with E-state index in [1.54, 1.807) is 48.1 Å². The number of hydrogen-bond acceptors (Lipinski definition) is 2. The molecule has 110 valence electrons. The zero-order valence-corrected chi connectivity index (χ0v) is 12.2. The number of aromatic nitrogens is 1. The fraction of sp³-hybridized carbons (Fsp3) is 0.200. The number of carboxylic acids is 1. The Morgan fingerprint density at radius 1 is 1.29 bits per heavy atom. The largest absolute Gasteiger partial charge is 0.478 e. The molecule has 21 heavy (non-hydrogen) atoms. The second-order valence-corrected chi connectivity index (χ2v) is 5.10. The van der Waals surface area contributed by atoms with Crippen molar-refractivity contribution in [2.75, 3.05) is 6.54 Å². The lowest BCUT2D eigenvalue weighted by Crippen LogP contribution is -2.27. The number of carbonyl (C=O) groups excluding carboxylic acids is 1. The number of carboxylic acid groups (broad SMARTS) is 1. The molecule has 0 saturated carbocycles. The number of nitrogens with one attached hydrogen (secondary N) is 1. The highest BCUT2D eigenvalue weighted by Crippen LogP contribution is 2.12. The molecule has 0 unspecified atom stereocenters. The Morgan fingerprint density at radius 2 is 1.95 bits per heavy atom. The molecular weight excluding hydrogens is 292 g/mol. The first-order valence-electron chi connectivity index (χ1n) is 6.39. The second-order valence-electron chi connectivity index (χ2n) is 4.66. The van der Waals surface area contributed by atoms with Crippen molar-refractivity contribution in [1.29, 1.82) is 0 Å². The van der Waals surface area contributed by atoms with Gasteiger partial charge in [-0.05, 0) is 30.2 Å². The van der Waals surface area contributed by atoms with Gasteiger partial charge in [0.15, 0.2) is 0 Å². The van der Waals surface area contributed by atoms with Gasteiger partial charge in [0.1, 0.15) is 5.69 Å². The third-order valence-corrected chi connectivity index (χ3v) is 3.31. The first kappa shape index (κ1) is 15.1. The van der Waals surface area contributed by atoms with Crippen molar-refractivity contribution in [2.24, 2.45) is 7.05 Å². The quantitative estimate of drug-likeness (QED) is 0.890. The highest BCUT2D eigenvalue weighted by atomic mass is 35.5. The number of aromatic carboxylic acids is 1. The van der Waals surface area contributed by atoms with Gasteiger partial charge < -0.3 is 15.0 Å². The highest BCUT2D eigenvalue weighted by Gasteiger charge is 2.10. The molecule has 0 bridgehead atoms. The number of nitrogens with zero attached hydrogens (tertiary/aromatic N) is 1. The second kappa shape index (κ2) is 6.45. The van der Waals surface area contributed by atoms with Crippen LogP contribution in [0.25, 0.3) is 0 Å². The Morgan fingerprint density at radius 3 is 2.48 bits per heavy atom. The van der Waals surface area contributed by atoms with Gasteiger partial charge in [-0.25, -0.2) is 4.79 Å². The lowest BCUT2D eigenvalue weighted by molar-refractivity contribution is 0.0696. The molecular formula is C15H15ClN2O3. The highest BCUT2D eigenvalue weighted by molar-refractivity contribution is 6.31. The molecule has 1 aromatic carbocycles. The number of carbonyl (C=O) groups is 2. The zero-order valence-electron chi connectivity index (χ0n) is 11.5. The summed E-state index contributed by atoms with van der Waals surface area (Å²) >= 11 is 5.83. The van der Waals surface area contributed by atoms with Crippen LogP contribution in [0.1, 0.15) is 26.4 Å². The molecule has 2 aromatic rings. The average Bonchev–Trinajstić information content (AvgIpc) is 2.78. The van der Waals surface area contributed by atoms with Crippen LogP contribution in [-0.4, -0.2) is 28.1 Å². The zero-order chi connectivity index (χ0) is 15.4. The van der Waals surface area contributed by atoms with Gasteiger partial charge in [-0.2, -0.15) is 0 Å². The van der Waals surface area contributed by atoms with E-state index < -0.39 is 5.97 Å². The van der Waals surface area contributed by atoms with Gasteiger partial charge in [0, 0.05) is 19.8 Å². The molecule has 0 radical (unpaired) electrons. The predicted octanol–water partition coefficient (Wildman–Crippen LogP) is 2.35. The van der Waals surface area contributed by atoms with Gasteiger partial charge in [0.05, 0.1) is 10.6 Å². The lowest BCUT2D eigenvalue weighted by atomic mass is 10.1. The SMILES string of the molecule is Cn1cc(Cl)cc1C(=O)NCCc1ccc(C(=O)O)cc1. The van der Waals surface area contributed by atoms with E-state index in [1.165, 1.54) is 0 Å². The molecule has 1 heterocycles. The fourth-order valence-electron chi connectivity index (χ4n) is 1.97. The Balaban J connectivity index is 1.88. The van der Waals surface area contributed by atoms with Crippen LogP contribution in [0.15, 0.2) is 36.5 Å². The maximum Gasteiger partial charge on any atom is 0.335 e. The summed E-state index contributed by atoms with van der Waals surface area (Å²) < 4.78 is 1.67. The number of benzene rings is 1. The molecule has 0 fully saturated rings. The number of rotatable bonds is 5. The Kier molecular flexibility index (Phi) is 4.65. The number of amides is 1. The molecule has 6 heteroatoms. The van der Waals surface area contributed by atoms with Crippen LogP contribution >= 0.6 is 11.6 Å². The summed E-state index contributed by atoms with van der Waals surface area (Å²) in [5.41, 5.74) is 1.72. The third-order valence-electron chi connectivity index (χ3n) is 3.10. The van der Waals surface area contributed by atoms with Crippen molar-refractivity contribution in [1.82, 2.24) is 9.88 Å². The Labute approximate surface area is 127 Å². The van der Waals surface area contributed by atoms with Crippen LogP contribution in [0.4, 0.5) is 0 Å². The first-order valence-corrected chi connectivity index (χ1v) is 6.77. The van der Waals surface area contributed by atoms with E-state index in [9.17, 15) is 9.59 Å². The molecule has 0 saturated heterocycles. The molecule has 0 aliphatic rings. The van der Waals surface area contributed by atoms with Crippen molar-refractivity contribution < 1.29 is 14.7 Å². The summed E-state index contributed by atoms with van der Waals surface area (Å²) in [6.45, 7) is 0.466. The van der Waals surface area contributed by atoms with Gasteiger partial charge in [-0.15, -0.1) is 0 Å². The van der Waals surface area contributed by atoms with Crippen LogP contribution in [0.2, 0.25) is 5.02 Å². The molecule has 0 aliphatic heterocycles. The van der Waals surface area contributed by atoms with E-state index in [0.29, 0.717) is 23.7 Å². The van der Waals surface area contributed by atoms with E-state index in [4.69, 9.17) is 16.7 Å². The maximum absolute atomic E-state index is 11.9. The van der Waals surface area contributed by atoms with Gasteiger partial charge >= 0.3 is 5.97 Å². The summed E-state index contributed by atoms with van der Waals surface area (Å²) in [6.07, 6.45) is 2.30. The standard InChI is InChI=1S/C15H15ClN2O3/c1-18-9-12(16)8-13(18)14(19)17-7-6-10-2-4-11(5-3-10)15(20)21/h2-5,8-9H,6-7H2,1H3,(H,17,19)(H,20,21). The molecule has 2 rings (SSSR count). The minimum atomic E-state index is -0.949. The molecule has 5 nitrogen and oxygen atoms in total. The van der Waals surface area contributed by atoms with Gasteiger partial charge in [-0.3, -0.25) is 4.79 Å². The number of halogens is 1. The monoisotopic (exact) mass is 306 g/mol. The topological polar surface area (TPSA) is 71.3 Å². The van der Waals surface area contributed by atoms with Crippen LogP contribution in [-0.2, 0) is 13.5 Å². The van der Waals surface area contributed by atoms with E-state index in [-0.39, 0.29) is 11.5 Å². The van der Waals surface area contributed by atoms with Crippen molar-refractivity contribution in [3.8, 4) is 0 Å². The Hall–Kier alpha value is -2.27. The molecule has 2 N–H and O–H groups in total. The predicted molar refractivity (Wildman–Crippen MR) is 79.9 cm³/mol. The molecule has 0 aliphatic carbocycles. The van der Waals surface area contributed by atoms with Gasteiger partial charge in [0.2, 0.25) is 0 Å². The van der Waals surface area contributed by atoms with Crippen molar-refractivity contribution >= 4 is 23.5 Å². The van der Waals surface area contributed by atoms with E-state index in [2.05, 4.69) is 5.32 Å². The first-order chi connectivity index (χ1) is 9.97. The van der Waals surface area contributed by atoms with Crippen molar-refractivity contribution in [3.05, 3.63) is 58.4 Å². The van der Waals surface area contributed by atoms with Crippen LogP contribution in [0.5, 0.6) is 0 Å². The number of aryl methyl sites for hydroxylation is 1. The summed E-state index contributed by atoms with van der Waals surface area (Å²) in [4.78, 5) is 22.7. The summed E-state index contributed by atoms with van der Waals surface area (Å²) in [5.74, 6) is -1.14. The van der Waals surface area contributed by atoms with Crippen molar-refractivity contribution in [3.63, 3.8) is 0 Å². The van der Waals surface area contributed by atoms with Gasteiger partial charge in [-0.1, -0.05) is 23.7 Å².